The van der Waals surface area contributed by atoms with Crippen molar-refractivity contribution < 1.29 is 14.6 Å². The van der Waals surface area contributed by atoms with Gasteiger partial charge in [0, 0.05) is 17.5 Å². The molecule has 0 aromatic heterocycles. The maximum absolute atomic E-state index is 10.0. The van der Waals surface area contributed by atoms with Gasteiger partial charge in [-0.05, 0) is 74.9 Å². The van der Waals surface area contributed by atoms with Crippen molar-refractivity contribution in [1.29, 1.82) is 0 Å². The number of fused-ring (bicyclic) bond motifs is 1. The van der Waals surface area contributed by atoms with Gasteiger partial charge in [-0.3, -0.25) is 0 Å². The SMILES string of the molecule is Oc1cccc(C2CC3(CCNCC3)Oc3cc(OCC4CC4)ccc32)c1. The molecule has 1 aliphatic carbocycles. The van der Waals surface area contributed by atoms with Gasteiger partial charge in [0.15, 0.2) is 0 Å². The van der Waals surface area contributed by atoms with Crippen molar-refractivity contribution in [1.82, 2.24) is 5.32 Å². The molecule has 5 rings (SSSR count). The van der Waals surface area contributed by atoms with E-state index in [1.165, 1.54) is 18.4 Å². The van der Waals surface area contributed by atoms with Crippen LogP contribution in [0.2, 0.25) is 0 Å². The summed E-state index contributed by atoms with van der Waals surface area (Å²) in [5.74, 6) is 3.14. The number of ether oxygens (including phenoxy) is 2. The second kappa shape index (κ2) is 6.75. The van der Waals surface area contributed by atoms with Crippen molar-refractivity contribution in [2.45, 2.75) is 43.6 Å². The average molecular weight is 365 g/mol. The zero-order chi connectivity index (χ0) is 18.3. The highest BCUT2D eigenvalue weighted by Crippen LogP contribution is 2.48. The lowest BCUT2D eigenvalue weighted by Crippen LogP contribution is -2.49. The van der Waals surface area contributed by atoms with Gasteiger partial charge in [-0.15, -0.1) is 0 Å². The summed E-state index contributed by atoms with van der Waals surface area (Å²) in [5, 5.41) is 13.5. The van der Waals surface area contributed by atoms with Gasteiger partial charge in [0.05, 0.1) is 6.61 Å². The lowest BCUT2D eigenvalue weighted by molar-refractivity contribution is 0.0111. The van der Waals surface area contributed by atoms with Crippen molar-refractivity contribution in [2.24, 2.45) is 5.92 Å². The molecular formula is C23H27NO3. The predicted molar refractivity (Wildman–Crippen MR) is 105 cm³/mol. The Labute approximate surface area is 160 Å². The zero-order valence-corrected chi connectivity index (χ0v) is 15.6. The summed E-state index contributed by atoms with van der Waals surface area (Å²) in [6, 6.07) is 14.0. The Hall–Kier alpha value is -2.20. The summed E-state index contributed by atoms with van der Waals surface area (Å²) in [7, 11) is 0. The molecule has 1 saturated heterocycles. The predicted octanol–water partition coefficient (Wildman–Crippen LogP) is 4.22. The summed E-state index contributed by atoms with van der Waals surface area (Å²) < 4.78 is 12.6. The maximum atomic E-state index is 10.0. The molecule has 2 fully saturated rings. The largest absolute Gasteiger partial charge is 0.508 e. The standard InChI is InChI=1S/C23H27NO3/c25-18-3-1-2-17(12-18)21-14-23(8-10-24-11-9-23)27-22-13-19(6-7-20(21)22)26-15-16-4-5-16/h1-3,6-7,12-13,16,21,24-25H,4-5,8-11,14-15H2. The minimum absolute atomic E-state index is 0.135. The van der Waals surface area contributed by atoms with Crippen molar-refractivity contribution in [3.05, 3.63) is 53.6 Å². The van der Waals surface area contributed by atoms with E-state index in [0.29, 0.717) is 5.75 Å². The second-order valence-corrected chi connectivity index (χ2v) is 8.34. The van der Waals surface area contributed by atoms with E-state index in [1.54, 1.807) is 6.07 Å². The van der Waals surface area contributed by atoms with Gasteiger partial charge in [0.25, 0.3) is 0 Å². The van der Waals surface area contributed by atoms with Gasteiger partial charge in [0.2, 0.25) is 0 Å². The first kappa shape index (κ1) is 16.9. The van der Waals surface area contributed by atoms with E-state index in [-0.39, 0.29) is 11.5 Å². The third-order valence-electron chi connectivity index (χ3n) is 6.23. The second-order valence-electron chi connectivity index (χ2n) is 8.34. The average Bonchev–Trinajstić information content (AvgIpc) is 3.50. The lowest BCUT2D eigenvalue weighted by Gasteiger charge is -2.45. The molecule has 2 heterocycles. The Kier molecular flexibility index (Phi) is 4.24. The number of hydrogen-bond donors (Lipinski definition) is 2. The molecule has 2 N–H and O–H groups in total. The Morgan fingerprint density at radius 2 is 1.96 bits per heavy atom. The van der Waals surface area contributed by atoms with Gasteiger partial charge in [0.1, 0.15) is 22.8 Å². The zero-order valence-electron chi connectivity index (χ0n) is 15.6. The summed E-state index contributed by atoms with van der Waals surface area (Å²) in [5.41, 5.74) is 2.22. The molecule has 2 aromatic rings. The molecule has 27 heavy (non-hydrogen) atoms. The van der Waals surface area contributed by atoms with Crippen LogP contribution in [0.3, 0.4) is 0 Å². The van der Waals surface area contributed by atoms with E-state index in [2.05, 4.69) is 29.6 Å². The number of rotatable bonds is 4. The van der Waals surface area contributed by atoms with Crippen LogP contribution in [0.5, 0.6) is 17.2 Å². The maximum Gasteiger partial charge on any atom is 0.127 e. The first-order chi connectivity index (χ1) is 13.2. The van der Waals surface area contributed by atoms with Crippen LogP contribution in [0.25, 0.3) is 0 Å². The number of phenolic OH excluding ortho intramolecular Hbond substituents is 1. The molecular weight excluding hydrogens is 338 g/mol. The number of piperidine rings is 1. The fourth-order valence-electron chi connectivity index (χ4n) is 4.46. The van der Waals surface area contributed by atoms with Crippen LogP contribution in [0.15, 0.2) is 42.5 Å². The third kappa shape index (κ3) is 3.51. The fraction of sp³-hybridized carbons (Fsp3) is 0.478. The number of aromatic hydroxyl groups is 1. The highest BCUT2D eigenvalue weighted by atomic mass is 16.5. The van der Waals surface area contributed by atoms with Gasteiger partial charge in [-0.2, -0.15) is 0 Å². The molecule has 1 atom stereocenters. The normalized spacial score (nSPS) is 23.5. The fourth-order valence-corrected chi connectivity index (χ4v) is 4.46. The van der Waals surface area contributed by atoms with Crippen LogP contribution in [0.1, 0.15) is 49.1 Å². The van der Waals surface area contributed by atoms with Crippen LogP contribution in [0, 0.1) is 5.92 Å². The smallest absolute Gasteiger partial charge is 0.127 e. The van der Waals surface area contributed by atoms with Crippen LogP contribution < -0.4 is 14.8 Å². The lowest BCUT2D eigenvalue weighted by atomic mass is 9.75. The summed E-state index contributed by atoms with van der Waals surface area (Å²) in [6.07, 6.45) is 5.55. The summed E-state index contributed by atoms with van der Waals surface area (Å²) in [4.78, 5) is 0. The van der Waals surface area contributed by atoms with Gasteiger partial charge in [-0.1, -0.05) is 18.2 Å². The quantitative estimate of drug-likeness (QED) is 0.852. The Bertz CT molecular complexity index is 824. The topological polar surface area (TPSA) is 50.7 Å². The molecule has 142 valence electrons. The number of phenols is 1. The van der Waals surface area contributed by atoms with Crippen LogP contribution in [-0.2, 0) is 0 Å². The Balaban J connectivity index is 1.50. The van der Waals surface area contributed by atoms with Crippen molar-refractivity contribution in [3.8, 4) is 17.2 Å². The molecule has 0 radical (unpaired) electrons. The molecule has 0 bridgehead atoms. The molecule has 1 spiro atoms. The molecule has 4 nitrogen and oxygen atoms in total. The molecule has 2 aromatic carbocycles. The van der Waals surface area contributed by atoms with Crippen LogP contribution in [0.4, 0.5) is 0 Å². The van der Waals surface area contributed by atoms with Crippen molar-refractivity contribution >= 4 is 0 Å². The van der Waals surface area contributed by atoms with E-state index < -0.39 is 0 Å². The molecule has 4 heteroatoms. The van der Waals surface area contributed by atoms with E-state index in [0.717, 1.165) is 61.9 Å². The minimum atomic E-state index is -0.135. The minimum Gasteiger partial charge on any atom is -0.508 e. The first-order valence-corrected chi connectivity index (χ1v) is 10.2. The third-order valence-corrected chi connectivity index (χ3v) is 6.23. The number of benzene rings is 2. The van der Waals surface area contributed by atoms with Crippen LogP contribution in [-0.4, -0.2) is 30.4 Å². The summed E-state index contributed by atoms with van der Waals surface area (Å²) >= 11 is 0. The summed E-state index contributed by atoms with van der Waals surface area (Å²) in [6.45, 7) is 2.78. The Morgan fingerprint density at radius 3 is 2.74 bits per heavy atom. The van der Waals surface area contributed by atoms with E-state index in [4.69, 9.17) is 9.47 Å². The first-order valence-electron chi connectivity index (χ1n) is 10.2. The van der Waals surface area contributed by atoms with Gasteiger partial charge >= 0.3 is 0 Å². The molecule has 3 aliphatic rings. The number of nitrogens with one attached hydrogen (secondary N) is 1. The Morgan fingerprint density at radius 1 is 1.11 bits per heavy atom. The van der Waals surface area contributed by atoms with Crippen molar-refractivity contribution in [3.63, 3.8) is 0 Å². The van der Waals surface area contributed by atoms with E-state index in [1.807, 2.05) is 12.1 Å². The monoisotopic (exact) mass is 365 g/mol. The van der Waals surface area contributed by atoms with Gasteiger partial charge < -0.3 is 19.9 Å². The van der Waals surface area contributed by atoms with Gasteiger partial charge in [-0.25, -0.2) is 0 Å². The van der Waals surface area contributed by atoms with Crippen molar-refractivity contribution in [2.75, 3.05) is 19.7 Å². The van der Waals surface area contributed by atoms with Crippen LogP contribution >= 0.6 is 0 Å². The molecule has 1 saturated carbocycles. The highest BCUT2D eigenvalue weighted by molar-refractivity contribution is 5.49. The van der Waals surface area contributed by atoms with E-state index >= 15 is 0 Å². The number of hydrogen-bond acceptors (Lipinski definition) is 4. The van der Waals surface area contributed by atoms with E-state index in [9.17, 15) is 5.11 Å². The highest BCUT2D eigenvalue weighted by Gasteiger charge is 2.42. The molecule has 2 aliphatic heterocycles. The molecule has 0 amide bonds. The molecule has 1 unspecified atom stereocenters.